The van der Waals surface area contributed by atoms with Gasteiger partial charge in [-0.15, -0.1) is 0 Å². The van der Waals surface area contributed by atoms with Crippen molar-refractivity contribution in [3.05, 3.63) is 34.3 Å². The van der Waals surface area contributed by atoms with Gasteiger partial charge < -0.3 is 14.4 Å². The van der Waals surface area contributed by atoms with E-state index in [1.54, 1.807) is 29.2 Å². The number of hydrogen-bond donors (Lipinski definition) is 0. The fraction of sp³-hybridized carbons (Fsp3) is 0.500. The highest BCUT2D eigenvalue weighted by Crippen LogP contribution is 2.14. The van der Waals surface area contributed by atoms with E-state index in [1.165, 1.54) is 0 Å². The summed E-state index contributed by atoms with van der Waals surface area (Å²) in [5, 5.41) is 0. The van der Waals surface area contributed by atoms with Crippen LogP contribution in [-0.4, -0.2) is 48.5 Å². The van der Waals surface area contributed by atoms with Crippen molar-refractivity contribution in [3.8, 4) is 0 Å². The summed E-state index contributed by atoms with van der Waals surface area (Å²) in [6.07, 6.45) is 2.05. The normalized spacial score (nSPS) is 13.5. The quantitative estimate of drug-likeness (QED) is 0.553. The third-order valence-corrected chi connectivity index (χ3v) is 3.74. The van der Waals surface area contributed by atoms with E-state index in [2.05, 4.69) is 20.7 Å². The van der Waals surface area contributed by atoms with Gasteiger partial charge in [0.25, 0.3) is 6.47 Å². The topological polar surface area (TPSA) is 72.9 Å². The molecule has 0 unspecified atom stereocenters. The minimum atomic E-state index is -0.361. The molecule has 0 N–H and O–H groups in total. The molecule has 0 saturated carbocycles. The lowest BCUT2D eigenvalue weighted by molar-refractivity contribution is -0.127. The van der Waals surface area contributed by atoms with E-state index in [0.29, 0.717) is 5.56 Å². The number of hydrogen-bond acceptors (Lipinski definition) is 5. The Hall–Kier alpha value is -1.89. The Bertz CT molecular complexity index is 574. The van der Waals surface area contributed by atoms with E-state index < -0.39 is 0 Å². The van der Waals surface area contributed by atoms with Crippen LogP contribution in [-0.2, 0) is 14.3 Å². The second-order valence-electron chi connectivity index (χ2n) is 6.51. The van der Waals surface area contributed by atoms with Gasteiger partial charge in [0.15, 0.2) is 12.4 Å². The Morgan fingerprint density at radius 3 is 2.20 bits per heavy atom. The number of Topliss-reactive ketones (excluding diaryl/α,β-unsaturated/α-hetero) is 1. The molecule has 0 atom stereocenters. The molecule has 1 aromatic carbocycles. The first-order valence-corrected chi connectivity index (χ1v) is 8.84. The number of carbonyl (C=O) groups is 3. The van der Waals surface area contributed by atoms with Gasteiger partial charge in [0.1, 0.15) is 5.60 Å². The molecule has 1 aliphatic heterocycles. The van der Waals surface area contributed by atoms with Crippen LogP contribution in [0.1, 0.15) is 44.0 Å². The number of carbonyl (C=O) groups excluding carboxylic acids is 3. The van der Waals surface area contributed by atoms with Crippen LogP contribution in [0.3, 0.4) is 0 Å². The number of rotatable bonds is 4. The van der Waals surface area contributed by atoms with Crippen molar-refractivity contribution in [3.63, 3.8) is 0 Å². The molecule has 1 aliphatic rings. The number of halogens is 1. The molecule has 6 nitrogen and oxygen atoms in total. The summed E-state index contributed by atoms with van der Waals surface area (Å²) in [6.45, 7) is 7.44. The van der Waals surface area contributed by atoms with Crippen molar-refractivity contribution in [2.24, 2.45) is 0 Å². The lowest BCUT2D eigenvalue weighted by atomic mass is 10.1. The molecule has 0 aliphatic carbocycles. The summed E-state index contributed by atoms with van der Waals surface area (Å²) in [6, 6.07) is 6.85. The van der Waals surface area contributed by atoms with Crippen molar-refractivity contribution in [1.29, 1.82) is 0 Å². The van der Waals surface area contributed by atoms with E-state index in [0.717, 1.165) is 30.4 Å². The van der Waals surface area contributed by atoms with Crippen LogP contribution in [0.15, 0.2) is 28.7 Å². The molecular weight excluding hydrogens is 390 g/mol. The molecule has 7 heteroatoms. The van der Waals surface area contributed by atoms with E-state index in [-0.39, 0.29) is 30.6 Å². The largest absolute Gasteiger partial charge is 0.459 e. The summed E-state index contributed by atoms with van der Waals surface area (Å²) in [5.74, 6) is -0.209. The zero-order valence-electron chi connectivity index (χ0n) is 14.8. The number of benzene rings is 1. The van der Waals surface area contributed by atoms with Crippen molar-refractivity contribution in [1.82, 2.24) is 4.90 Å². The van der Waals surface area contributed by atoms with Crippen LogP contribution >= 0.6 is 15.9 Å². The average molecular weight is 414 g/mol. The molecule has 0 spiro atoms. The van der Waals surface area contributed by atoms with Crippen LogP contribution in [0, 0.1) is 0 Å². The first-order valence-electron chi connectivity index (χ1n) is 8.05. The van der Waals surface area contributed by atoms with Crippen LogP contribution in [0.2, 0.25) is 0 Å². The fourth-order valence-corrected chi connectivity index (χ4v) is 2.32. The summed E-state index contributed by atoms with van der Waals surface area (Å²) in [4.78, 5) is 34.2. The van der Waals surface area contributed by atoms with E-state index in [9.17, 15) is 14.4 Å². The van der Waals surface area contributed by atoms with Gasteiger partial charge in [0, 0.05) is 23.1 Å². The van der Waals surface area contributed by atoms with Crippen molar-refractivity contribution in [2.45, 2.75) is 39.2 Å². The molecule has 0 aromatic heterocycles. The molecule has 1 aromatic rings. The predicted molar refractivity (Wildman–Crippen MR) is 97.5 cm³/mol. The molecule has 25 heavy (non-hydrogen) atoms. The SMILES string of the molecule is CC(C)(C)OC(=O)N1CCCC1.O=COCC(=O)c1ccc(Br)cc1. The minimum Gasteiger partial charge on any atom is -0.459 e. The summed E-state index contributed by atoms with van der Waals surface area (Å²) in [5.41, 5.74) is 0.171. The number of likely N-dealkylation sites (tertiary alicyclic amines) is 1. The molecule has 138 valence electrons. The molecular formula is C18H24BrNO5. The molecule has 2 rings (SSSR count). The maximum atomic E-state index is 11.4. The Kier molecular flexibility index (Phi) is 8.61. The summed E-state index contributed by atoms with van der Waals surface area (Å²) >= 11 is 3.25. The molecule has 1 heterocycles. The summed E-state index contributed by atoms with van der Waals surface area (Å²) in [7, 11) is 0. The number of amides is 1. The highest BCUT2D eigenvalue weighted by atomic mass is 79.9. The van der Waals surface area contributed by atoms with E-state index in [1.807, 2.05) is 20.8 Å². The van der Waals surface area contributed by atoms with Crippen molar-refractivity contribution in [2.75, 3.05) is 19.7 Å². The molecule has 1 fully saturated rings. The highest BCUT2D eigenvalue weighted by molar-refractivity contribution is 9.10. The van der Waals surface area contributed by atoms with Crippen LogP contribution in [0.5, 0.6) is 0 Å². The second-order valence-corrected chi connectivity index (χ2v) is 7.43. The number of ketones is 1. The molecule has 1 saturated heterocycles. The Balaban J connectivity index is 0.000000251. The summed E-state index contributed by atoms with van der Waals surface area (Å²) < 4.78 is 10.4. The standard InChI is InChI=1S/C9H7BrO3.C9H17NO2/c10-8-3-1-7(2-4-8)9(12)5-13-6-11;1-9(2,3)12-8(11)10-6-4-5-7-10/h1-4,6H,5H2;4-7H2,1-3H3. The zero-order chi connectivity index (χ0) is 18.9. The Labute approximate surface area is 156 Å². The number of ether oxygens (including phenoxy) is 2. The second kappa shape index (κ2) is 10.2. The predicted octanol–water partition coefficient (Wildman–Crippen LogP) is 3.82. The van der Waals surface area contributed by atoms with Crippen molar-refractivity contribution < 1.29 is 23.9 Å². The van der Waals surface area contributed by atoms with Crippen LogP contribution < -0.4 is 0 Å². The van der Waals surface area contributed by atoms with Gasteiger partial charge in [-0.3, -0.25) is 9.59 Å². The van der Waals surface area contributed by atoms with E-state index >= 15 is 0 Å². The van der Waals surface area contributed by atoms with Gasteiger partial charge in [-0.25, -0.2) is 4.79 Å². The van der Waals surface area contributed by atoms with Gasteiger partial charge in [0.05, 0.1) is 0 Å². The average Bonchev–Trinajstić information content (AvgIpc) is 3.07. The monoisotopic (exact) mass is 413 g/mol. The maximum absolute atomic E-state index is 11.4. The third-order valence-electron chi connectivity index (χ3n) is 3.21. The first kappa shape index (κ1) is 21.2. The smallest absolute Gasteiger partial charge is 0.410 e. The minimum absolute atomic E-state index is 0.167. The maximum Gasteiger partial charge on any atom is 0.410 e. The first-order chi connectivity index (χ1) is 11.7. The van der Waals surface area contributed by atoms with Crippen LogP contribution in [0.4, 0.5) is 4.79 Å². The fourth-order valence-electron chi connectivity index (χ4n) is 2.06. The van der Waals surface area contributed by atoms with Gasteiger partial charge in [0.2, 0.25) is 0 Å². The van der Waals surface area contributed by atoms with Gasteiger partial charge in [-0.2, -0.15) is 0 Å². The lowest BCUT2D eigenvalue weighted by Crippen LogP contribution is -2.34. The van der Waals surface area contributed by atoms with Crippen molar-refractivity contribution >= 4 is 34.3 Å². The Morgan fingerprint density at radius 2 is 1.72 bits per heavy atom. The molecule has 0 bridgehead atoms. The van der Waals surface area contributed by atoms with Gasteiger partial charge in [-0.1, -0.05) is 28.1 Å². The number of nitrogens with zero attached hydrogens (tertiary/aromatic N) is 1. The molecule has 0 radical (unpaired) electrons. The Morgan fingerprint density at radius 1 is 1.16 bits per heavy atom. The lowest BCUT2D eigenvalue weighted by Gasteiger charge is -2.23. The van der Waals surface area contributed by atoms with E-state index in [4.69, 9.17) is 4.74 Å². The van der Waals surface area contributed by atoms with Crippen LogP contribution in [0.25, 0.3) is 0 Å². The van der Waals surface area contributed by atoms with Gasteiger partial charge >= 0.3 is 6.09 Å². The highest BCUT2D eigenvalue weighted by Gasteiger charge is 2.23. The van der Waals surface area contributed by atoms with Gasteiger partial charge in [-0.05, 0) is 45.7 Å². The zero-order valence-corrected chi connectivity index (χ0v) is 16.4. The molecule has 1 amide bonds. The third kappa shape index (κ3) is 8.67.